The van der Waals surface area contributed by atoms with Crippen LogP contribution >= 0.6 is 11.8 Å². The molecule has 0 rings (SSSR count). The molecule has 0 aromatic rings. The van der Waals surface area contributed by atoms with Gasteiger partial charge in [-0.1, -0.05) is 54.9 Å². The van der Waals surface area contributed by atoms with E-state index in [9.17, 15) is 0 Å². The van der Waals surface area contributed by atoms with Gasteiger partial charge in [0.2, 0.25) is 0 Å². The molecule has 0 aliphatic carbocycles. The fraction of sp³-hybridized carbons (Fsp3) is 1.00. The molecular formula is C16H34S. The van der Waals surface area contributed by atoms with Crippen LogP contribution in [0.1, 0.15) is 74.1 Å². The molecule has 0 unspecified atom stereocenters. The highest BCUT2D eigenvalue weighted by molar-refractivity contribution is 7.98. The summed E-state index contributed by atoms with van der Waals surface area (Å²) in [6, 6.07) is 0. The van der Waals surface area contributed by atoms with Gasteiger partial charge in [-0.2, -0.15) is 11.8 Å². The SMILES string of the molecule is CSCCC(C)(C)CCCC(C)(C)C(C)(C)C. The first-order valence-electron chi connectivity index (χ1n) is 7.01. The van der Waals surface area contributed by atoms with E-state index in [-0.39, 0.29) is 0 Å². The smallest absolute Gasteiger partial charge is 0.00652 e. The summed E-state index contributed by atoms with van der Waals surface area (Å²) < 4.78 is 0. The van der Waals surface area contributed by atoms with Gasteiger partial charge >= 0.3 is 0 Å². The van der Waals surface area contributed by atoms with Crippen molar-refractivity contribution in [3.63, 3.8) is 0 Å². The summed E-state index contributed by atoms with van der Waals surface area (Å²) in [7, 11) is 0. The molecule has 17 heavy (non-hydrogen) atoms. The Bertz CT molecular complexity index is 208. The lowest BCUT2D eigenvalue weighted by molar-refractivity contribution is 0.110. The molecule has 1 heteroatoms. The largest absolute Gasteiger partial charge is 0.165 e. The first-order valence-corrected chi connectivity index (χ1v) is 8.40. The minimum absolute atomic E-state index is 0.413. The molecule has 0 bridgehead atoms. The van der Waals surface area contributed by atoms with Crippen molar-refractivity contribution < 1.29 is 0 Å². The minimum Gasteiger partial charge on any atom is -0.165 e. The second-order valence-corrected chi connectivity index (χ2v) is 8.88. The Kier molecular flexibility index (Phi) is 6.63. The second-order valence-electron chi connectivity index (χ2n) is 7.89. The van der Waals surface area contributed by atoms with Gasteiger partial charge in [-0.3, -0.25) is 0 Å². The van der Waals surface area contributed by atoms with E-state index in [1.54, 1.807) is 0 Å². The molecule has 0 nitrogen and oxygen atoms in total. The maximum atomic E-state index is 2.42. The van der Waals surface area contributed by atoms with Crippen LogP contribution < -0.4 is 0 Å². The van der Waals surface area contributed by atoms with Crippen LogP contribution in [0.5, 0.6) is 0 Å². The van der Waals surface area contributed by atoms with Crippen LogP contribution in [-0.2, 0) is 0 Å². The predicted octanol–water partition coefficient (Wildman–Crippen LogP) is 6.01. The van der Waals surface area contributed by atoms with Crippen molar-refractivity contribution in [1.29, 1.82) is 0 Å². The van der Waals surface area contributed by atoms with Crippen LogP contribution in [0.2, 0.25) is 0 Å². The molecule has 0 heterocycles. The third-order valence-electron chi connectivity index (χ3n) is 4.67. The first-order chi connectivity index (χ1) is 7.52. The monoisotopic (exact) mass is 258 g/mol. The van der Waals surface area contributed by atoms with Gasteiger partial charge in [0, 0.05) is 0 Å². The Labute approximate surface area is 114 Å². The van der Waals surface area contributed by atoms with Crippen LogP contribution in [0.4, 0.5) is 0 Å². The molecule has 0 spiro atoms. The van der Waals surface area contributed by atoms with Gasteiger partial charge in [0.15, 0.2) is 0 Å². The van der Waals surface area contributed by atoms with Crippen LogP contribution in [0.15, 0.2) is 0 Å². The van der Waals surface area contributed by atoms with E-state index < -0.39 is 0 Å². The van der Waals surface area contributed by atoms with Gasteiger partial charge in [-0.05, 0) is 47.5 Å². The Morgan fingerprint density at radius 2 is 1.29 bits per heavy atom. The normalized spacial score (nSPS) is 14.1. The average Bonchev–Trinajstić information content (AvgIpc) is 2.12. The number of hydrogen-bond acceptors (Lipinski definition) is 1. The number of hydrogen-bond donors (Lipinski definition) is 0. The highest BCUT2D eigenvalue weighted by Crippen LogP contribution is 2.43. The molecule has 0 aromatic carbocycles. The Morgan fingerprint density at radius 3 is 1.71 bits per heavy atom. The van der Waals surface area contributed by atoms with Gasteiger partial charge in [0.05, 0.1) is 0 Å². The zero-order valence-electron chi connectivity index (χ0n) is 13.4. The fourth-order valence-corrected chi connectivity index (χ4v) is 2.64. The maximum absolute atomic E-state index is 2.42. The summed E-state index contributed by atoms with van der Waals surface area (Å²) in [6.45, 7) is 16.8. The third kappa shape index (κ3) is 6.74. The van der Waals surface area contributed by atoms with Crippen LogP contribution in [0.3, 0.4) is 0 Å². The summed E-state index contributed by atoms with van der Waals surface area (Å²) in [4.78, 5) is 0. The molecule has 0 atom stereocenters. The summed E-state index contributed by atoms with van der Waals surface area (Å²) >= 11 is 1.97. The van der Waals surface area contributed by atoms with Crippen molar-refractivity contribution in [2.75, 3.05) is 12.0 Å². The van der Waals surface area contributed by atoms with Crippen molar-refractivity contribution >= 4 is 11.8 Å². The third-order valence-corrected chi connectivity index (χ3v) is 5.28. The molecule has 104 valence electrons. The number of rotatable bonds is 7. The second kappa shape index (κ2) is 6.50. The lowest BCUT2D eigenvalue weighted by Gasteiger charge is -2.39. The van der Waals surface area contributed by atoms with Gasteiger partial charge in [0.25, 0.3) is 0 Å². The Morgan fingerprint density at radius 1 is 0.765 bits per heavy atom. The quantitative estimate of drug-likeness (QED) is 0.539. The standard InChI is InChI=1S/C16H34S/c1-14(2,3)16(6,7)11-9-10-15(4,5)12-13-17-8/h9-13H2,1-8H3. The fourth-order valence-electron chi connectivity index (χ4n) is 1.89. The van der Waals surface area contributed by atoms with Crippen LogP contribution in [0.25, 0.3) is 0 Å². The van der Waals surface area contributed by atoms with E-state index in [4.69, 9.17) is 0 Å². The Balaban J connectivity index is 4.06. The molecule has 0 radical (unpaired) electrons. The Hall–Kier alpha value is 0.350. The minimum atomic E-state index is 0.413. The first kappa shape index (κ1) is 17.4. The molecular weight excluding hydrogens is 224 g/mol. The lowest BCUT2D eigenvalue weighted by Crippen LogP contribution is -2.29. The highest BCUT2D eigenvalue weighted by Gasteiger charge is 2.32. The van der Waals surface area contributed by atoms with Gasteiger partial charge in [0.1, 0.15) is 0 Å². The molecule has 0 aliphatic heterocycles. The maximum Gasteiger partial charge on any atom is -0.00652 e. The van der Waals surface area contributed by atoms with E-state index in [2.05, 4.69) is 54.7 Å². The van der Waals surface area contributed by atoms with Crippen molar-refractivity contribution in [2.24, 2.45) is 16.2 Å². The van der Waals surface area contributed by atoms with Crippen molar-refractivity contribution in [3.8, 4) is 0 Å². The zero-order valence-corrected chi connectivity index (χ0v) is 14.3. The summed E-state index contributed by atoms with van der Waals surface area (Å²) in [5.41, 5.74) is 1.38. The summed E-state index contributed by atoms with van der Waals surface area (Å²) in [5.74, 6) is 1.30. The molecule has 0 aliphatic rings. The van der Waals surface area contributed by atoms with E-state index >= 15 is 0 Å². The lowest BCUT2D eigenvalue weighted by atomic mass is 9.66. The van der Waals surface area contributed by atoms with Crippen molar-refractivity contribution in [1.82, 2.24) is 0 Å². The van der Waals surface area contributed by atoms with Crippen molar-refractivity contribution in [3.05, 3.63) is 0 Å². The highest BCUT2D eigenvalue weighted by atomic mass is 32.2. The van der Waals surface area contributed by atoms with Gasteiger partial charge in [-0.15, -0.1) is 0 Å². The van der Waals surface area contributed by atoms with Crippen molar-refractivity contribution in [2.45, 2.75) is 74.1 Å². The molecule has 0 N–H and O–H groups in total. The molecule has 0 aromatic heterocycles. The zero-order chi connectivity index (χ0) is 13.7. The average molecular weight is 259 g/mol. The molecule has 0 fully saturated rings. The van der Waals surface area contributed by atoms with Gasteiger partial charge in [-0.25, -0.2) is 0 Å². The van der Waals surface area contributed by atoms with E-state index in [1.165, 1.54) is 31.4 Å². The topological polar surface area (TPSA) is 0 Å². The molecule has 0 saturated heterocycles. The molecule has 0 saturated carbocycles. The van der Waals surface area contributed by atoms with E-state index in [1.807, 2.05) is 11.8 Å². The van der Waals surface area contributed by atoms with E-state index in [0.717, 1.165) is 0 Å². The van der Waals surface area contributed by atoms with Crippen LogP contribution in [-0.4, -0.2) is 12.0 Å². The molecule has 0 amide bonds. The van der Waals surface area contributed by atoms with E-state index in [0.29, 0.717) is 16.2 Å². The van der Waals surface area contributed by atoms with Crippen LogP contribution in [0, 0.1) is 16.2 Å². The number of thioether (sulfide) groups is 1. The van der Waals surface area contributed by atoms with Gasteiger partial charge < -0.3 is 0 Å². The summed E-state index contributed by atoms with van der Waals surface area (Å²) in [6.07, 6.45) is 7.64. The predicted molar refractivity (Wildman–Crippen MR) is 83.9 cm³/mol. The summed E-state index contributed by atoms with van der Waals surface area (Å²) in [5, 5.41) is 0.